The SMILES string of the molecule is CCC=C(C=C(CNC1OC1C)C(CCC)NC1C=CC(F)=CN1C)C1=CC=C(CN(CC)CC)C(C)C1. The number of hydrogen-bond acceptors (Lipinski definition) is 5. The summed E-state index contributed by atoms with van der Waals surface area (Å²) in [6.45, 7) is 17.4. The first kappa shape index (κ1) is 30.6. The summed E-state index contributed by atoms with van der Waals surface area (Å²) in [6.07, 6.45) is 18.9. The second kappa shape index (κ2) is 15.0. The first-order chi connectivity index (χ1) is 18.3. The Morgan fingerprint density at radius 1 is 1.21 bits per heavy atom. The molecule has 1 fully saturated rings. The predicted molar refractivity (Wildman–Crippen MR) is 158 cm³/mol. The number of ether oxygens (including phenoxy) is 1. The Morgan fingerprint density at radius 3 is 2.53 bits per heavy atom. The Hall–Kier alpha value is -1.99. The Morgan fingerprint density at radius 2 is 1.95 bits per heavy atom. The molecule has 0 bridgehead atoms. The molecule has 0 aromatic heterocycles. The van der Waals surface area contributed by atoms with E-state index < -0.39 is 0 Å². The maximum absolute atomic E-state index is 13.8. The van der Waals surface area contributed by atoms with Crippen molar-refractivity contribution in [3.63, 3.8) is 0 Å². The Kier molecular flexibility index (Phi) is 12.0. The van der Waals surface area contributed by atoms with E-state index in [-0.39, 0.29) is 30.4 Å². The van der Waals surface area contributed by atoms with Gasteiger partial charge < -0.3 is 9.64 Å². The highest BCUT2D eigenvalue weighted by molar-refractivity contribution is 5.47. The molecule has 3 aliphatic rings. The summed E-state index contributed by atoms with van der Waals surface area (Å²) in [5.74, 6) is 0.314. The smallest absolute Gasteiger partial charge is 0.138 e. The number of hydrogen-bond donors (Lipinski definition) is 2. The minimum atomic E-state index is -0.213. The lowest BCUT2D eigenvalue weighted by molar-refractivity contribution is 0.288. The number of likely N-dealkylation sites (N-methyl/N-ethyl adjacent to an activating group) is 2. The van der Waals surface area contributed by atoms with Crippen molar-refractivity contribution in [2.24, 2.45) is 5.92 Å². The van der Waals surface area contributed by atoms with Crippen molar-refractivity contribution < 1.29 is 9.13 Å². The van der Waals surface area contributed by atoms with Crippen molar-refractivity contribution in [3.8, 4) is 0 Å². The molecule has 0 saturated carbocycles. The highest BCUT2D eigenvalue weighted by Gasteiger charge is 2.34. The zero-order valence-electron chi connectivity index (χ0n) is 24.8. The molecular weight excluding hydrogens is 475 g/mol. The molecule has 2 heterocycles. The van der Waals surface area contributed by atoms with Crippen molar-refractivity contribution in [1.82, 2.24) is 20.4 Å². The van der Waals surface area contributed by atoms with Crippen LogP contribution in [-0.4, -0.2) is 67.6 Å². The van der Waals surface area contributed by atoms with E-state index in [4.69, 9.17) is 4.74 Å². The van der Waals surface area contributed by atoms with Crippen LogP contribution in [0, 0.1) is 5.92 Å². The summed E-state index contributed by atoms with van der Waals surface area (Å²) in [6, 6.07) is 0.156. The van der Waals surface area contributed by atoms with Crippen LogP contribution < -0.4 is 10.6 Å². The maximum Gasteiger partial charge on any atom is 0.138 e. The summed E-state index contributed by atoms with van der Waals surface area (Å²) in [5, 5.41) is 7.40. The van der Waals surface area contributed by atoms with E-state index in [1.165, 1.54) is 22.3 Å². The summed E-state index contributed by atoms with van der Waals surface area (Å²) in [5.41, 5.74) is 5.57. The molecule has 3 rings (SSSR count). The van der Waals surface area contributed by atoms with Crippen LogP contribution in [-0.2, 0) is 4.74 Å². The molecule has 1 saturated heterocycles. The minimum absolute atomic E-state index is 0.0522. The lowest BCUT2D eigenvalue weighted by atomic mass is 9.83. The average Bonchev–Trinajstić information content (AvgIpc) is 3.61. The Bertz CT molecular complexity index is 959. The average molecular weight is 527 g/mol. The second-order valence-electron chi connectivity index (χ2n) is 10.9. The van der Waals surface area contributed by atoms with Crippen LogP contribution in [0.2, 0.25) is 0 Å². The van der Waals surface area contributed by atoms with E-state index in [0.29, 0.717) is 5.92 Å². The number of nitrogens with zero attached hydrogens (tertiary/aromatic N) is 2. The maximum atomic E-state index is 13.8. The van der Waals surface area contributed by atoms with Gasteiger partial charge in [-0.3, -0.25) is 15.5 Å². The second-order valence-corrected chi connectivity index (χ2v) is 10.9. The van der Waals surface area contributed by atoms with Gasteiger partial charge in [0.1, 0.15) is 12.1 Å². The topological polar surface area (TPSA) is 43.1 Å². The normalized spacial score (nSPS) is 26.9. The third-order valence-corrected chi connectivity index (χ3v) is 7.91. The molecule has 0 radical (unpaired) electrons. The molecule has 1 aliphatic carbocycles. The van der Waals surface area contributed by atoms with Crippen molar-refractivity contribution in [2.45, 2.75) is 91.8 Å². The third kappa shape index (κ3) is 8.77. The predicted octanol–water partition coefficient (Wildman–Crippen LogP) is 6.21. The van der Waals surface area contributed by atoms with Gasteiger partial charge in [-0.05, 0) is 74.1 Å². The number of rotatable bonds is 15. The fourth-order valence-corrected chi connectivity index (χ4v) is 5.30. The van der Waals surface area contributed by atoms with Gasteiger partial charge in [-0.25, -0.2) is 4.39 Å². The van der Waals surface area contributed by atoms with E-state index in [2.05, 4.69) is 81.4 Å². The quantitative estimate of drug-likeness (QED) is 0.196. The summed E-state index contributed by atoms with van der Waals surface area (Å²) < 4.78 is 19.5. The molecule has 5 nitrogen and oxygen atoms in total. The van der Waals surface area contributed by atoms with E-state index >= 15 is 0 Å². The number of nitrogens with one attached hydrogen (secondary N) is 2. The van der Waals surface area contributed by atoms with Crippen LogP contribution in [0.25, 0.3) is 0 Å². The van der Waals surface area contributed by atoms with Gasteiger partial charge in [0.15, 0.2) is 0 Å². The highest BCUT2D eigenvalue weighted by Crippen LogP contribution is 2.32. The number of epoxide rings is 1. The van der Waals surface area contributed by atoms with Gasteiger partial charge in [-0.15, -0.1) is 0 Å². The molecule has 212 valence electrons. The molecule has 2 N–H and O–H groups in total. The lowest BCUT2D eigenvalue weighted by Crippen LogP contribution is -2.48. The van der Waals surface area contributed by atoms with Crippen LogP contribution in [0.15, 0.2) is 70.8 Å². The molecule has 0 aromatic rings. The molecule has 0 amide bonds. The van der Waals surface area contributed by atoms with Gasteiger partial charge in [0.05, 0.1) is 12.3 Å². The van der Waals surface area contributed by atoms with Crippen molar-refractivity contribution in [2.75, 3.05) is 33.2 Å². The standard InChI is InChI=1S/C32H51FN4O/c1-8-12-25(26-14-15-27(23(5)18-26)21-37(10-3)11-4)19-28(20-34-32-24(6)38-32)30(13-9-2)35-31-17-16-29(33)22-36(31)7/h12,14-17,19,22-24,30-32,34-35H,8-11,13,18,20-21H2,1-7H3. The summed E-state index contributed by atoms with van der Waals surface area (Å²) >= 11 is 0. The summed E-state index contributed by atoms with van der Waals surface area (Å²) in [7, 11) is 1.92. The molecule has 0 aromatic carbocycles. The molecule has 0 spiro atoms. The lowest BCUT2D eigenvalue weighted by Gasteiger charge is -2.33. The largest absolute Gasteiger partial charge is 0.359 e. The third-order valence-electron chi connectivity index (χ3n) is 7.91. The zero-order chi connectivity index (χ0) is 27.7. The Labute approximate surface area is 231 Å². The van der Waals surface area contributed by atoms with Crippen LogP contribution >= 0.6 is 0 Å². The number of halogens is 1. The van der Waals surface area contributed by atoms with Gasteiger partial charge >= 0.3 is 0 Å². The number of allylic oxidation sites excluding steroid dienone is 8. The van der Waals surface area contributed by atoms with E-state index in [1.54, 1.807) is 12.3 Å². The van der Waals surface area contributed by atoms with Gasteiger partial charge in [0.25, 0.3) is 0 Å². The van der Waals surface area contributed by atoms with Gasteiger partial charge in [0.2, 0.25) is 0 Å². The van der Waals surface area contributed by atoms with Crippen LogP contribution in [0.3, 0.4) is 0 Å². The van der Waals surface area contributed by atoms with E-state index in [9.17, 15) is 4.39 Å². The van der Waals surface area contributed by atoms with Crippen LogP contribution in [0.4, 0.5) is 4.39 Å². The van der Waals surface area contributed by atoms with Gasteiger partial charge in [0, 0.05) is 32.4 Å². The molecule has 6 heteroatoms. The molecule has 5 atom stereocenters. The van der Waals surface area contributed by atoms with Crippen molar-refractivity contribution in [1.29, 1.82) is 0 Å². The van der Waals surface area contributed by atoms with Crippen LogP contribution in [0.1, 0.15) is 67.2 Å². The highest BCUT2D eigenvalue weighted by atomic mass is 19.1. The molecule has 38 heavy (non-hydrogen) atoms. The Balaban J connectivity index is 1.88. The van der Waals surface area contributed by atoms with E-state index in [0.717, 1.165) is 51.9 Å². The fourth-order valence-electron chi connectivity index (χ4n) is 5.30. The first-order valence-electron chi connectivity index (χ1n) is 14.7. The van der Waals surface area contributed by atoms with Crippen molar-refractivity contribution in [3.05, 3.63) is 70.8 Å². The fraction of sp³-hybridized carbons (Fsp3) is 0.625. The first-order valence-corrected chi connectivity index (χ1v) is 14.7. The minimum Gasteiger partial charge on any atom is -0.359 e. The molecular formula is C32H51FN4O. The molecule has 2 aliphatic heterocycles. The molecule has 5 unspecified atom stereocenters. The van der Waals surface area contributed by atoms with E-state index in [1.807, 2.05) is 18.0 Å². The van der Waals surface area contributed by atoms with Gasteiger partial charge in [-0.1, -0.05) is 70.9 Å². The van der Waals surface area contributed by atoms with Crippen molar-refractivity contribution >= 4 is 0 Å². The summed E-state index contributed by atoms with van der Waals surface area (Å²) in [4.78, 5) is 4.40. The monoisotopic (exact) mass is 526 g/mol. The zero-order valence-corrected chi connectivity index (χ0v) is 24.8. The van der Waals surface area contributed by atoms with Gasteiger partial charge in [-0.2, -0.15) is 0 Å². The van der Waals surface area contributed by atoms with Crippen LogP contribution in [0.5, 0.6) is 0 Å².